The average molecular weight is 319 g/mol. The highest BCUT2D eigenvalue weighted by molar-refractivity contribution is 7.84. The molecule has 0 aliphatic rings. The van der Waals surface area contributed by atoms with Crippen molar-refractivity contribution >= 4 is 22.4 Å². The van der Waals surface area contributed by atoms with Crippen LogP contribution in [0.1, 0.15) is 0 Å². The van der Waals surface area contributed by atoms with Crippen molar-refractivity contribution < 1.29 is 8.73 Å². The SMILES string of the molecule is C[S@@](=O)c1ccccc1-c1nc(-c2cccc(Cl)c2)no1. The number of nitrogens with zero attached hydrogens (tertiary/aromatic N) is 2. The van der Waals surface area contributed by atoms with Crippen LogP contribution in [0.3, 0.4) is 0 Å². The van der Waals surface area contributed by atoms with Crippen LogP contribution in [-0.2, 0) is 10.8 Å². The van der Waals surface area contributed by atoms with E-state index < -0.39 is 10.8 Å². The molecule has 0 radical (unpaired) electrons. The number of rotatable bonds is 3. The lowest BCUT2D eigenvalue weighted by Gasteiger charge is -2.01. The van der Waals surface area contributed by atoms with E-state index in [9.17, 15) is 4.21 Å². The fourth-order valence-electron chi connectivity index (χ4n) is 1.97. The molecule has 4 nitrogen and oxygen atoms in total. The van der Waals surface area contributed by atoms with Crippen LogP contribution >= 0.6 is 11.6 Å². The summed E-state index contributed by atoms with van der Waals surface area (Å²) in [7, 11) is -1.13. The van der Waals surface area contributed by atoms with E-state index in [1.807, 2.05) is 30.3 Å². The van der Waals surface area contributed by atoms with Gasteiger partial charge in [0.05, 0.1) is 21.3 Å². The molecular weight excluding hydrogens is 308 g/mol. The van der Waals surface area contributed by atoms with Crippen LogP contribution < -0.4 is 0 Å². The summed E-state index contributed by atoms with van der Waals surface area (Å²) < 4.78 is 17.1. The van der Waals surface area contributed by atoms with Crippen molar-refractivity contribution in [2.75, 3.05) is 6.26 Å². The largest absolute Gasteiger partial charge is 0.334 e. The second-order valence-corrected chi connectivity index (χ2v) is 6.17. The molecule has 0 fully saturated rings. The molecular formula is C15H11ClN2O2S. The minimum Gasteiger partial charge on any atom is -0.334 e. The Morgan fingerprint density at radius 2 is 1.95 bits per heavy atom. The molecule has 0 spiro atoms. The van der Waals surface area contributed by atoms with E-state index >= 15 is 0 Å². The van der Waals surface area contributed by atoms with Crippen LogP contribution in [0.5, 0.6) is 0 Å². The van der Waals surface area contributed by atoms with Crippen LogP contribution in [0, 0.1) is 0 Å². The number of halogens is 1. The van der Waals surface area contributed by atoms with E-state index in [0.29, 0.717) is 27.2 Å². The fraction of sp³-hybridized carbons (Fsp3) is 0.0667. The summed E-state index contributed by atoms with van der Waals surface area (Å²) in [5, 5.41) is 4.57. The monoisotopic (exact) mass is 318 g/mol. The van der Waals surface area contributed by atoms with Crippen molar-refractivity contribution in [3.05, 3.63) is 53.6 Å². The Balaban J connectivity index is 2.05. The van der Waals surface area contributed by atoms with Gasteiger partial charge in [0.15, 0.2) is 0 Å². The molecule has 0 saturated heterocycles. The van der Waals surface area contributed by atoms with Crippen molar-refractivity contribution in [2.24, 2.45) is 0 Å². The zero-order valence-corrected chi connectivity index (χ0v) is 12.7. The van der Waals surface area contributed by atoms with Crippen LogP contribution in [0.15, 0.2) is 57.9 Å². The predicted octanol–water partition coefficient (Wildman–Crippen LogP) is 3.79. The van der Waals surface area contributed by atoms with Crippen LogP contribution in [0.2, 0.25) is 5.02 Å². The van der Waals surface area contributed by atoms with E-state index in [-0.39, 0.29) is 0 Å². The first-order chi connectivity index (χ1) is 10.1. The number of hydrogen-bond donors (Lipinski definition) is 0. The lowest BCUT2D eigenvalue weighted by atomic mass is 10.2. The fourth-order valence-corrected chi connectivity index (χ4v) is 2.90. The van der Waals surface area contributed by atoms with Crippen molar-refractivity contribution in [1.82, 2.24) is 10.1 Å². The molecule has 1 heterocycles. The molecule has 2 aromatic carbocycles. The van der Waals surface area contributed by atoms with E-state index in [1.54, 1.807) is 24.5 Å². The Morgan fingerprint density at radius 3 is 2.71 bits per heavy atom. The van der Waals surface area contributed by atoms with Crippen molar-refractivity contribution in [2.45, 2.75) is 4.90 Å². The van der Waals surface area contributed by atoms with Gasteiger partial charge in [0.2, 0.25) is 5.82 Å². The summed E-state index contributed by atoms with van der Waals surface area (Å²) in [6, 6.07) is 14.5. The summed E-state index contributed by atoms with van der Waals surface area (Å²) in [4.78, 5) is 5.03. The predicted molar refractivity (Wildman–Crippen MR) is 82.5 cm³/mol. The molecule has 0 bridgehead atoms. The number of hydrogen-bond acceptors (Lipinski definition) is 4. The standard InChI is InChI=1S/C15H11ClN2O2S/c1-21(19)13-8-3-2-7-12(13)15-17-14(18-20-15)10-5-4-6-11(16)9-10/h2-9H,1H3/t21-/m1/s1. The van der Waals surface area contributed by atoms with E-state index in [1.165, 1.54) is 0 Å². The zero-order valence-electron chi connectivity index (χ0n) is 11.1. The molecule has 1 atom stereocenters. The molecule has 1 aromatic heterocycles. The van der Waals surface area contributed by atoms with E-state index in [4.69, 9.17) is 16.1 Å². The molecule has 106 valence electrons. The van der Waals surface area contributed by atoms with Gasteiger partial charge in [-0.2, -0.15) is 4.98 Å². The number of benzene rings is 2. The van der Waals surface area contributed by atoms with Gasteiger partial charge in [-0.1, -0.05) is 41.0 Å². The summed E-state index contributed by atoms with van der Waals surface area (Å²) in [5.41, 5.74) is 1.45. The Kier molecular flexibility index (Phi) is 3.86. The highest BCUT2D eigenvalue weighted by Crippen LogP contribution is 2.27. The Morgan fingerprint density at radius 1 is 1.14 bits per heavy atom. The number of aromatic nitrogens is 2. The van der Waals surface area contributed by atoms with Gasteiger partial charge in [-0.25, -0.2) is 0 Å². The quantitative estimate of drug-likeness (QED) is 0.737. The molecule has 0 aliphatic heterocycles. The molecule has 0 unspecified atom stereocenters. The molecule has 6 heteroatoms. The summed E-state index contributed by atoms with van der Waals surface area (Å²) in [6.07, 6.45) is 1.62. The Labute approximate surface area is 129 Å². The lowest BCUT2D eigenvalue weighted by Crippen LogP contribution is -1.91. The smallest absolute Gasteiger partial charge is 0.259 e. The van der Waals surface area contributed by atoms with Gasteiger partial charge >= 0.3 is 0 Å². The maximum Gasteiger partial charge on any atom is 0.259 e. The van der Waals surface area contributed by atoms with Crippen molar-refractivity contribution in [1.29, 1.82) is 0 Å². The first-order valence-electron chi connectivity index (χ1n) is 6.17. The highest BCUT2D eigenvalue weighted by atomic mass is 35.5. The zero-order chi connectivity index (χ0) is 14.8. The molecule has 21 heavy (non-hydrogen) atoms. The Hall–Kier alpha value is -1.98. The average Bonchev–Trinajstić information content (AvgIpc) is 2.97. The maximum atomic E-state index is 11.8. The molecule has 0 N–H and O–H groups in total. The van der Waals surface area contributed by atoms with Crippen molar-refractivity contribution in [3.8, 4) is 22.8 Å². The van der Waals surface area contributed by atoms with Crippen LogP contribution in [0.25, 0.3) is 22.8 Å². The molecule has 0 amide bonds. The Bertz CT molecular complexity index is 817. The maximum absolute atomic E-state index is 11.8. The van der Waals surface area contributed by atoms with E-state index in [0.717, 1.165) is 5.56 Å². The minimum atomic E-state index is -1.13. The lowest BCUT2D eigenvalue weighted by molar-refractivity contribution is 0.431. The molecule has 3 rings (SSSR count). The van der Waals surface area contributed by atoms with Gasteiger partial charge in [0.1, 0.15) is 0 Å². The highest BCUT2D eigenvalue weighted by Gasteiger charge is 2.15. The second-order valence-electron chi connectivity index (χ2n) is 4.38. The van der Waals surface area contributed by atoms with Gasteiger partial charge < -0.3 is 4.52 Å². The first-order valence-corrected chi connectivity index (χ1v) is 8.11. The third kappa shape index (κ3) is 2.89. The second kappa shape index (κ2) is 5.79. The van der Waals surface area contributed by atoms with Crippen LogP contribution in [-0.4, -0.2) is 20.6 Å². The van der Waals surface area contributed by atoms with Crippen LogP contribution in [0.4, 0.5) is 0 Å². The van der Waals surface area contributed by atoms with Gasteiger partial charge in [-0.3, -0.25) is 4.21 Å². The summed E-state index contributed by atoms with van der Waals surface area (Å²) in [5.74, 6) is 0.792. The van der Waals surface area contributed by atoms with Gasteiger partial charge in [-0.05, 0) is 24.3 Å². The molecule has 0 saturated carbocycles. The summed E-state index contributed by atoms with van der Waals surface area (Å²) in [6.45, 7) is 0. The third-order valence-corrected chi connectivity index (χ3v) is 4.15. The molecule has 3 aromatic rings. The summed E-state index contributed by atoms with van der Waals surface area (Å²) >= 11 is 5.96. The van der Waals surface area contributed by atoms with Crippen molar-refractivity contribution in [3.63, 3.8) is 0 Å². The minimum absolute atomic E-state index is 0.343. The topological polar surface area (TPSA) is 56.0 Å². The van der Waals surface area contributed by atoms with Gasteiger partial charge in [0, 0.05) is 16.8 Å². The van der Waals surface area contributed by atoms with E-state index in [2.05, 4.69) is 10.1 Å². The first kappa shape index (κ1) is 14.0. The molecule has 0 aliphatic carbocycles. The third-order valence-electron chi connectivity index (χ3n) is 2.94. The normalized spacial score (nSPS) is 12.3. The van der Waals surface area contributed by atoms with Gasteiger partial charge in [0.25, 0.3) is 5.89 Å². The van der Waals surface area contributed by atoms with Gasteiger partial charge in [-0.15, -0.1) is 0 Å².